The highest BCUT2D eigenvalue weighted by Gasteiger charge is 2.30. The highest BCUT2D eigenvalue weighted by atomic mass is 32.2. The second-order valence-electron chi connectivity index (χ2n) is 5.02. The van der Waals surface area contributed by atoms with E-state index in [-0.39, 0.29) is 14.6 Å². The Hall–Kier alpha value is -2.78. The molecule has 25 heavy (non-hydrogen) atoms. The molecular weight excluding hydrogens is 364 g/mol. The maximum atomic E-state index is 12.5. The lowest BCUT2D eigenvalue weighted by molar-refractivity contribution is -0.711. The molecule has 2 aromatic carbocycles. The first-order valence-corrected chi connectivity index (χ1v) is 10.0. The van der Waals surface area contributed by atoms with Gasteiger partial charge in [-0.3, -0.25) is 0 Å². The average molecular weight is 376 g/mol. The maximum Gasteiger partial charge on any atom is 0.339 e. The fourth-order valence-corrected chi connectivity index (χ4v) is 4.59. The highest BCUT2D eigenvalue weighted by Crippen LogP contribution is 2.21. The number of benzene rings is 2. The molecule has 0 aliphatic heterocycles. The SMILES string of the molecule is O=S(=O)(c1ccccc1)c1ccc(S(=O)(=O)c2ccccc2)[n+]([O-])n1. The largest absolute Gasteiger partial charge is 0.593 e. The van der Waals surface area contributed by atoms with E-state index < -0.39 is 29.7 Å². The van der Waals surface area contributed by atoms with Crippen LogP contribution in [0.1, 0.15) is 0 Å². The molecule has 0 aliphatic rings. The molecule has 1 aromatic heterocycles. The zero-order valence-electron chi connectivity index (χ0n) is 12.7. The number of nitrogens with zero attached hydrogens (tertiary/aromatic N) is 2. The summed E-state index contributed by atoms with van der Waals surface area (Å²) < 4.78 is 49.9. The smallest absolute Gasteiger partial charge is 0.339 e. The molecule has 0 radical (unpaired) electrons. The molecule has 3 rings (SSSR count). The highest BCUT2D eigenvalue weighted by molar-refractivity contribution is 7.91. The van der Waals surface area contributed by atoms with Crippen molar-refractivity contribution in [2.45, 2.75) is 19.8 Å². The van der Waals surface area contributed by atoms with Crippen molar-refractivity contribution >= 4 is 19.7 Å². The lowest BCUT2D eigenvalue weighted by Gasteiger charge is -2.06. The summed E-state index contributed by atoms with van der Waals surface area (Å²) in [7, 11) is -8.12. The van der Waals surface area contributed by atoms with Crippen molar-refractivity contribution in [3.63, 3.8) is 0 Å². The van der Waals surface area contributed by atoms with E-state index in [0.29, 0.717) is 0 Å². The van der Waals surface area contributed by atoms with Crippen molar-refractivity contribution in [2.75, 3.05) is 0 Å². The van der Waals surface area contributed by atoms with E-state index in [1.165, 1.54) is 48.5 Å². The van der Waals surface area contributed by atoms with E-state index >= 15 is 0 Å². The van der Waals surface area contributed by atoms with Crippen LogP contribution in [0, 0.1) is 5.21 Å². The summed E-state index contributed by atoms with van der Waals surface area (Å²) in [6.45, 7) is 0. The molecule has 0 amide bonds. The summed E-state index contributed by atoms with van der Waals surface area (Å²) in [4.78, 5) is -0.306. The van der Waals surface area contributed by atoms with E-state index in [9.17, 15) is 22.0 Å². The van der Waals surface area contributed by atoms with Gasteiger partial charge in [0.25, 0.3) is 9.84 Å². The molecule has 1 heterocycles. The molecule has 3 aromatic rings. The Balaban J connectivity index is 2.09. The fraction of sp³-hybridized carbons (Fsp3) is 0. The lowest BCUT2D eigenvalue weighted by atomic mass is 10.4. The summed E-state index contributed by atoms with van der Waals surface area (Å²) in [6.07, 6.45) is 0. The Kier molecular flexibility index (Phi) is 4.27. The first-order valence-electron chi connectivity index (χ1n) is 7.05. The Morgan fingerprint density at radius 2 is 1.16 bits per heavy atom. The summed E-state index contributed by atoms with van der Waals surface area (Å²) in [5.41, 5.74) is 0. The van der Waals surface area contributed by atoms with Gasteiger partial charge in [0.05, 0.1) is 9.79 Å². The van der Waals surface area contributed by atoms with Gasteiger partial charge in [-0.1, -0.05) is 36.4 Å². The van der Waals surface area contributed by atoms with Crippen LogP contribution in [0.3, 0.4) is 0 Å². The fourth-order valence-electron chi connectivity index (χ4n) is 2.15. The van der Waals surface area contributed by atoms with Crippen molar-refractivity contribution < 1.29 is 21.7 Å². The van der Waals surface area contributed by atoms with E-state index in [4.69, 9.17) is 0 Å². The molecule has 0 spiro atoms. The number of rotatable bonds is 4. The van der Waals surface area contributed by atoms with Crippen LogP contribution >= 0.6 is 0 Å². The molecule has 128 valence electrons. The van der Waals surface area contributed by atoms with Gasteiger partial charge < -0.3 is 5.21 Å². The average Bonchev–Trinajstić information content (AvgIpc) is 2.63. The van der Waals surface area contributed by atoms with Crippen molar-refractivity contribution in [1.29, 1.82) is 0 Å². The summed E-state index contributed by atoms with van der Waals surface area (Å²) >= 11 is 0. The molecule has 7 nitrogen and oxygen atoms in total. The van der Waals surface area contributed by atoms with Crippen LogP contribution in [-0.4, -0.2) is 21.9 Å². The quantitative estimate of drug-likeness (QED) is 0.503. The molecule has 0 unspecified atom stereocenters. The van der Waals surface area contributed by atoms with Gasteiger partial charge >= 0.3 is 5.03 Å². The predicted molar refractivity (Wildman–Crippen MR) is 87.0 cm³/mol. The minimum Gasteiger partial charge on any atom is -0.593 e. The Bertz CT molecular complexity index is 1110. The first kappa shape index (κ1) is 17.1. The lowest BCUT2D eigenvalue weighted by Crippen LogP contribution is -2.39. The van der Waals surface area contributed by atoms with Gasteiger partial charge in [0.2, 0.25) is 14.9 Å². The minimum absolute atomic E-state index is 0.0406. The standard InChI is InChI=1S/C16H12N2O5S2/c19-18-16(25(22,23)14-9-5-2-6-10-14)12-11-15(17-18)24(20,21)13-7-3-1-4-8-13/h1-12H. The second kappa shape index (κ2) is 6.26. The molecule has 0 N–H and O–H groups in total. The van der Waals surface area contributed by atoms with Gasteiger partial charge in [-0.25, -0.2) is 16.8 Å². The molecule has 0 aliphatic carbocycles. The maximum absolute atomic E-state index is 12.5. The van der Waals surface area contributed by atoms with Crippen LogP contribution in [0.5, 0.6) is 0 Å². The van der Waals surface area contributed by atoms with Gasteiger partial charge in [-0.15, -0.1) is 0 Å². The minimum atomic E-state index is -4.10. The van der Waals surface area contributed by atoms with E-state index in [1.54, 1.807) is 12.1 Å². The zero-order valence-corrected chi connectivity index (χ0v) is 14.3. The number of sulfone groups is 2. The van der Waals surface area contributed by atoms with Crippen molar-refractivity contribution in [3.8, 4) is 0 Å². The van der Waals surface area contributed by atoms with Gasteiger partial charge in [0.1, 0.15) is 0 Å². The third kappa shape index (κ3) is 3.11. The van der Waals surface area contributed by atoms with Gasteiger partial charge in [0, 0.05) is 11.2 Å². The summed E-state index contributed by atoms with van der Waals surface area (Å²) in [5, 5.41) is 14.3. The Morgan fingerprint density at radius 3 is 1.64 bits per heavy atom. The third-order valence-electron chi connectivity index (χ3n) is 3.40. The van der Waals surface area contributed by atoms with Crippen molar-refractivity contribution in [2.24, 2.45) is 0 Å². The van der Waals surface area contributed by atoms with Crippen molar-refractivity contribution in [1.82, 2.24) is 5.10 Å². The predicted octanol–water partition coefficient (Wildman–Crippen LogP) is 1.38. The number of hydrogen-bond donors (Lipinski definition) is 0. The second-order valence-corrected chi connectivity index (χ2v) is 8.81. The van der Waals surface area contributed by atoms with Crippen LogP contribution in [0.2, 0.25) is 0 Å². The van der Waals surface area contributed by atoms with Crippen molar-refractivity contribution in [3.05, 3.63) is 78.0 Å². The van der Waals surface area contributed by atoms with E-state index in [0.717, 1.165) is 12.1 Å². The van der Waals surface area contributed by atoms with Crippen LogP contribution in [0.15, 0.2) is 92.6 Å². The Morgan fingerprint density at radius 1 is 0.680 bits per heavy atom. The molecule has 0 bridgehead atoms. The van der Waals surface area contributed by atoms with Gasteiger partial charge in [0.15, 0.2) is 0 Å². The molecule has 0 saturated carbocycles. The van der Waals surface area contributed by atoms with Gasteiger partial charge in [-0.05, 0) is 35.2 Å². The first-order chi connectivity index (χ1) is 11.8. The number of aromatic nitrogens is 2. The van der Waals surface area contributed by atoms with Crippen LogP contribution in [0.25, 0.3) is 0 Å². The zero-order chi connectivity index (χ0) is 18.1. The molecular formula is C16H12N2O5S2. The number of hydrogen-bond acceptors (Lipinski definition) is 6. The monoisotopic (exact) mass is 376 g/mol. The normalized spacial score (nSPS) is 12.0. The van der Waals surface area contributed by atoms with E-state index in [1.807, 2.05) is 0 Å². The van der Waals surface area contributed by atoms with Crippen LogP contribution in [0.4, 0.5) is 0 Å². The molecule has 0 fully saturated rings. The van der Waals surface area contributed by atoms with Crippen LogP contribution < -0.4 is 4.85 Å². The van der Waals surface area contributed by atoms with Crippen LogP contribution in [-0.2, 0) is 19.7 Å². The molecule has 9 heteroatoms. The summed E-state index contributed by atoms with van der Waals surface area (Å²) in [5.74, 6) is 0. The van der Waals surface area contributed by atoms with Gasteiger partial charge in [-0.2, -0.15) is 0 Å². The third-order valence-corrected chi connectivity index (χ3v) is 6.80. The Labute approximate surface area is 144 Å². The molecule has 0 atom stereocenters. The summed E-state index contributed by atoms with van der Waals surface area (Å²) in [6, 6.07) is 16.7. The molecule has 0 saturated heterocycles. The topological polar surface area (TPSA) is 108 Å². The van der Waals surface area contributed by atoms with E-state index in [2.05, 4.69) is 5.10 Å².